The van der Waals surface area contributed by atoms with Gasteiger partial charge in [-0.1, -0.05) is 45.1 Å². The van der Waals surface area contributed by atoms with Crippen LogP contribution in [-0.2, 0) is 4.74 Å². The molecule has 2 heteroatoms. The number of allylic oxidation sites excluding steroid dienone is 3. The molecule has 1 spiro atoms. The quantitative estimate of drug-likeness (QED) is 0.372. The maximum atomic E-state index is 9.93. The molecule has 0 amide bonds. The van der Waals surface area contributed by atoms with Gasteiger partial charge < -0.3 is 9.84 Å². The molecule has 3 saturated carbocycles. The maximum Gasteiger partial charge on any atom is 0.106 e. The van der Waals surface area contributed by atoms with Gasteiger partial charge in [-0.2, -0.15) is 0 Å². The number of aliphatic hydroxyl groups is 1. The molecule has 1 saturated heterocycles. The Kier molecular flexibility index (Phi) is 7.40. The fourth-order valence-electron chi connectivity index (χ4n) is 6.67. The Morgan fingerprint density at radius 3 is 2.53 bits per heavy atom. The first-order valence-corrected chi connectivity index (χ1v) is 12.7. The van der Waals surface area contributed by atoms with Crippen LogP contribution in [0.3, 0.4) is 0 Å². The molecule has 4 rings (SSSR count). The molecule has 0 bridgehead atoms. The van der Waals surface area contributed by atoms with E-state index in [0.29, 0.717) is 17.4 Å². The second-order valence-electron chi connectivity index (χ2n) is 10.9. The summed E-state index contributed by atoms with van der Waals surface area (Å²) in [4.78, 5) is 0. The minimum absolute atomic E-state index is 0.128. The Hall–Kier alpha value is -0.860. The van der Waals surface area contributed by atoms with Crippen molar-refractivity contribution >= 4 is 0 Å². The van der Waals surface area contributed by atoms with Crippen LogP contribution in [0, 0.1) is 17.3 Å². The van der Waals surface area contributed by atoms with Crippen molar-refractivity contribution in [3.8, 4) is 0 Å². The first kappa shape index (κ1) is 23.8. The van der Waals surface area contributed by atoms with E-state index in [1.807, 2.05) is 27.7 Å². The molecule has 4 fully saturated rings. The minimum atomic E-state index is -0.598. The summed E-state index contributed by atoms with van der Waals surface area (Å²) >= 11 is 0. The summed E-state index contributed by atoms with van der Waals surface area (Å²) in [6, 6.07) is 0. The average molecular weight is 415 g/mol. The molecule has 0 aromatic carbocycles. The SMILES string of the molecule is C=C1CCCC/C1=C/C1OC12CCC[C@@]1(C)C2CC[C@@H]1C/C=C/CC(C)(C)O.CC. The normalized spacial score (nSPS) is 39.9. The highest BCUT2D eigenvalue weighted by Crippen LogP contribution is 2.66. The smallest absolute Gasteiger partial charge is 0.106 e. The second kappa shape index (κ2) is 9.33. The molecule has 3 unspecified atom stereocenters. The van der Waals surface area contributed by atoms with Crippen LogP contribution in [0.1, 0.15) is 105 Å². The van der Waals surface area contributed by atoms with Gasteiger partial charge in [-0.25, -0.2) is 0 Å². The Morgan fingerprint density at radius 2 is 1.83 bits per heavy atom. The van der Waals surface area contributed by atoms with Gasteiger partial charge in [0.1, 0.15) is 11.7 Å². The van der Waals surface area contributed by atoms with Crippen LogP contribution in [0.15, 0.2) is 36.0 Å². The molecule has 5 atom stereocenters. The van der Waals surface area contributed by atoms with Crippen molar-refractivity contribution in [2.24, 2.45) is 17.3 Å². The fourth-order valence-corrected chi connectivity index (χ4v) is 6.67. The first-order chi connectivity index (χ1) is 14.2. The molecule has 0 aromatic heterocycles. The third-order valence-electron chi connectivity index (χ3n) is 8.36. The van der Waals surface area contributed by atoms with Crippen LogP contribution in [-0.4, -0.2) is 22.4 Å². The number of ether oxygens (including phenoxy) is 1. The molecule has 30 heavy (non-hydrogen) atoms. The summed E-state index contributed by atoms with van der Waals surface area (Å²) in [7, 11) is 0. The monoisotopic (exact) mass is 414 g/mol. The van der Waals surface area contributed by atoms with Gasteiger partial charge in [0.25, 0.3) is 0 Å². The minimum Gasteiger partial charge on any atom is -0.390 e. The third-order valence-corrected chi connectivity index (χ3v) is 8.36. The molecule has 1 heterocycles. The Labute approximate surface area is 185 Å². The Bertz CT molecular complexity index is 667. The molecule has 2 nitrogen and oxygen atoms in total. The van der Waals surface area contributed by atoms with E-state index in [4.69, 9.17) is 4.74 Å². The number of hydrogen-bond donors (Lipinski definition) is 1. The summed E-state index contributed by atoms with van der Waals surface area (Å²) in [5.41, 5.74) is 2.79. The highest BCUT2D eigenvalue weighted by Gasteiger charge is 2.68. The molecule has 170 valence electrons. The largest absolute Gasteiger partial charge is 0.390 e. The lowest BCUT2D eigenvalue weighted by Gasteiger charge is -2.44. The van der Waals surface area contributed by atoms with Gasteiger partial charge >= 0.3 is 0 Å². The second-order valence-corrected chi connectivity index (χ2v) is 10.9. The lowest BCUT2D eigenvalue weighted by Crippen LogP contribution is -2.43. The van der Waals surface area contributed by atoms with E-state index in [1.165, 1.54) is 68.9 Å². The molecule has 0 radical (unpaired) electrons. The molecular weight excluding hydrogens is 368 g/mol. The van der Waals surface area contributed by atoms with Gasteiger partial charge in [0.2, 0.25) is 0 Å². The van der Waals surface area contributed by atoms with Gasteiger partial charge in [-0.15, -0.1) is 0 Å². The lowest BCUT2D eigenvalue weighted by molar-refractivity contribution is 0.0281. The van der Waals surface area contributed by atoms with Crippen molar-refractivity contribution in [3.05, 3.63) is 36.0 Å². The van der Waals surface area contributed by atoms with E-state index in [1.54, 1.807) is 0 Å². The van der Waals surface area contributed by atoms with Crippen molar-refractivity contribution in [2.45, 2.75) is 123 Å². The zero-order valence-corrected chi connectivity index (χ0v) is 20.3. The van der Waals surface area contributed by atoms with Crippen molar-refractivity contribution in [1.29, 1.82) is 0 Å². The summed E-state index contributed by atoms with van der Waals surface area (Å²) in [6.07, 6.45) is 20.7. The molecule has 4 aliphatic rings. The predicted octanol–water partition coefficient (Wildman–Crippen LogP) is 7.53. The van der Waals surface area contributed by atoms with Crippen molar-refractivity contribution in [3.63, 3.8) is 0 Å². The Morgan fingerprint density at radius 1 is 1.10 bits per heavy atom. The van der Waals surface area contributed by atoms with Crippen LogP contribution in [0.2, 0.25) is 0 Å². The van der Waals surface area contributed by atoms with Gasteiger partial charge in [-0.3, -0.25) is 0 Å². The van der Waals surface area contributed by atoms with Crippen LogP contribution < -0.4 is 0 Å². The van der Waals surface area contributed by atoms with E-state index in [9.17, 15) is 5.11 Å². The summed E-state index contributed by atoms with van der Waals surface area (Å²) in [5.74, 6) is 1.47. The van der Waals surface area contributed by atoms with Crippen molar-refractivity contribution < 1.29 is 9.84 Å². The lowest BCUT2D eigenvalue weighted by atomic mass is 9.59. The van der Waals surface area contributed by atoms with Crippen LogP contribution in [0.25, 0.3) is 0 Å². The van der Waals surface area contributed by atoms with E-state index in [-0.39, 0.29) is 5.60 Å². The van der Waals surface area contributed by atoms with Crippen LogP contribution >= 0.6 is 0 Å². The number of epoxide rings is 1. The summed E-state index contributed by atoms with van der Waals surface area (Å²) in [6.45, 7) is 14.6. The van der Waals surface area contributed by atoms with Gasteiger partial charge in [0.15, 0.2) is 0 Å². The average Bonchev–Trinajstić information content (AvgIpc) is 3.24. The van der Waals surface area contributed by atoms with E-state index in [0.717, 1.165) is 18.8 Å². The first-order valence-electron chi connectivity index (χ1n) is 12.7. The van der Waals surface area contributed by atoms with Gasteiger partial charge in [0.05, 0.1) is 5.60 Å². The summed E-state index contributed by atoms with van der Waals surface area (Å²) in [5, 5.41) is 9.93. The number of fused-ring (bicyclic) bond motifs is 2. The molecular formula is C28H46O2. The van der Waals surface area contributed by atoms with Crippen molar-refractivity contribution in [1.82, 2.24) is 0 Å². The number of rotatable bonds is 5. The number of hydrogen-bond acceptors (Lipinski definition) is 2. The highest BCUT2D eigenvalue weighted by molar-refractivity contribution is 5.35. The third kappa shape index (κ3) is 4.80. The van der Waals surface area contributed by atoms with E-state index < -0.39 is 5.60 Å². The fraction of sp³-hybridized carbons (Fsp3) is 0.786. The zero-order chi connectivity index (χ0) is 22.0. The van der Waals surface area contributed by atoms with E-state index in [2.05, 4.69) is 31.7 Å². The molecule has 0 aromatic rings. The van der Waals surface area contributed by atoms with Gasteiger partial charge in [-0.05, 0) is 113 Å². The highest BCUT2D eigenvalue weighted by atomic mass is 16.6. The molecule has 1 N–H and O–H groups in total. The standard InChI is InChI=1S/C26H40O2.C2H6/c1-19-10-5-6-11-20(19)18-23-26(28-23)17-9-16-25(4)21(13-14-22(25)26)12-7-8-15-24(2,3)27;1-2/h7-8,18,21-23,27H,1,5-6,9-17H2,2-4H3;1-2H3/b8-7+,20-18-;/t21-,22?,23?,25+,26?;/m0./s1. The van der Waals surface area contributed by atoms with Crippen LogP contribution in [0.4, 0.5) is 0 Å². The molecule has 3 aliphatic carbocycles. The zero-order valence-electron chi connectivity index (χ0n) is 20.3. The van der Waals surface area contributed by atoms with Crippen LogP contribution in [0.5, 0.6) is 0 Å². The van der Waals surface area contributed by atoms with E-state index >= 15 is 0 Å². The predicted molar refractivity (Wildman–Crippen MR) is 127 cm³/mol. The topological polar surface area (TPSA) is 32.8 Å². The molecule has 1 aliphatic heterocycles. The van der Waals surface area contributed by atoms with Gasteiger partial charge in [0, 0.05) is 0 Å². The Balaban J connectivity index is 0.00000124. The maximum absolute atomic E-state index is 9.93. The summed E-state index contributed by atoms with van der Waals surface area (Å²) < 4.78 is 6.53. The van der Waals surface area contributed by atoms with Crippen molar-refractivity contribution in [2.75, 3.05) is 0 Å².